The number of hydrogen-bond acceptors (Lipinski definition) is 8. The zero-order valence-corrected chi connectivity index (χ0v) is 25.5. The van der Waals surface area contributed by atoms with E-state index in [4.69, 9.17) is 15.6 Å². The van der Waals surface area contributed by atoms with Crippen molar-refractivity contribution in [2.75, 3.05) is 18.1 Å². The summed E-state index contributed by atoms with van der Waals surface area (Å²) in [6, 6.07) is 19.2. The van der Waals surface area contributed by atoms with Gasteiger partial charge in [0.05, 0.1) is 28.6 Å². The van der Waals surface area contributed by atoms with Gasteiger partial charge >= 0.3 is 0 Å². The monoisotopic (exact) mass is 658 g/mol. The van der Waals surface area contributed by atoms with Crippen molar-refractivity contribution in [2.45, 2.75) is 18.9 Å². The molecular weight excluding hydrogens is 630 g/mol. The number of aromatic nitrogens is 1. The van der Waals surface area contributed by atoms with Crippen molar-refractivity contribution in [2.24, 2.45) is 11.1 Å². The molecule has 0 aliphatic heterocycles. The number of nitrogens with two attached hydrogens (primary N) is 1. The normalized spacial score (nSPS) is 14.0. The number of nitrogens with one attached hydrogen (secondary N) is 1. The van der Waals surface area contributed by atoms with E-state index in [1.165, 1.54) is 41.8 Å². The van der Waals surface area contributed by atoms with Crippen LogP contribution in [0.15, 0.2) is 85.1 Å². The molecule has 1 saturated carbocycles. The van der Waals surface area contributed by atoms with Crippen LogP contribution in [0.5, 0.6) is 11.5 Å². The Hall–Kier alpha value is -5.24. The van der Waals surface area contributed by atoms with Gasteiger partial charge in [0.2, 0.25) is 11.8 Å². The number of primary amides is 1. The average molecular weight is 659 g/mol. The smallest absolute Gasteiger partial charge is 0.251 e. The second-order valence-corrected chi connectivity index (χ2v) is 12.1. The van der Waals surface area contributed by atoms with Gasteiger partial charge in [0.15, 0.2) is 11.6 Å². The lowest BCUT2D eigenvalue weighted by Crippen LogP contribution is -2.41. The minimum absolute atomic E-state index is 0.0776. The molecule has 3 aromatic carbocycles. The van der Waals surface area contributed by atoms with Crippen LogP contribution in [0, 0.1) is 17.0 Å². The third-order valence-corrected chi connectivity index (χ3v) is 9.02. The summed E-state index contributed by atoms with van der Waals surface area (Å²) < 4.78 is 35.9. The van der Waals surface area contributed by atoms with E-state index in [1.54, 1.807) is 30.3 Å². The van der Waals surface area contributed by atoms with Gasteiger partial charge in [-0.15, -0.1) is 11.3 Å². The summed E-state index contributed by atoms with van der Waals surface area (Å²) in [5.41, 5.74) is 6.28. The SMILES string of the molecule is NC(=O)C1(C(=O)N(c2ccc(F)cc2)c2ccc(Oc3ccnc4cc(-c5ccc(C(=O)NCC(O)CO)cc5)sc34)c(F)c2)CC1. The van der Waals surface area contributed by atoms with E-state index in [2.05, 4.69) is 10.3 Å². The summed E-state index contributed by atoms with van der Waals surface area (Å²) in [5.74, 6) is -2.88. The predicted octanol–water partition coefficient (Wildman–Crippen LogP) is 5.05. The number of carbonyl (C=O) groups excluding carboxylic acids is 3. The first-order valence-electron chi connectivity index (χ1n) is 14.5. The van der Waals surface area contributed by atoms with Gasteiger partial charge in [-0.2, -0.15) is 0 Å². The molecule has 0 saturated heterocycles. The minimum Gasteiger partial charge on any atom is -0.453 e. The highest BCUT2D eigenvalue weighted by Gasteiger charge is 2.57. The van der Waals surface area contributed by atoms with E-state index >= 15 is 4.39 Å². The van der Waals surface area contributed by atoms with Gasteiger partial charge in [-0.05, 0) is 73.0 Å². The first kappa shape index (κ1) is 31.7. The molecule has 2 aromatic heterocycles. The fourth-order valence-electron chi connectivity index (χ4n) is 5.01. The Morgan fingerprint density at radius 1 is 0.979 bits per heavy atom. The summed E-state index contributed by atoms with van der Waals surface area (Å²) in [6.07, 6.45) is 1.01. The average Bonchev–Trinajstić information content (AvgIpc) is 3.78. The number of ether oxygens (including phenoxy) is 1. The largest absolute Gasteiger partial charge is 0.453 e. The summed E-state index contributed by atoms with van der Waals surface area (Å²) >= 11 is 1.36. The molecule has 13 heteroatoms. The van der Waals surface area contributed by atoms with Crippen LogP contribution in [0.1, 0.15) is 23.2 Å². The molecule has 2 heterocycles. The molecule has 47 heavy (non-hydrogen) atoms. The number of aliphatic hydroxyl groups is 2. The number of aliphatic hydroxyl groups excluding tert-OH is 2. The van der Waals surface area contributed by atoms with Crippen molar-refractivity contribution in [3.05, 3.63) is 102 Å². The summed E-state index contributed by atoms with van der Waals surface area (Å²) in [5, 5.41) is 20.9. The van der Waals surface area contributed by atoms with Crippen molar-refractivity contribution in [3.8, 4) is 21.9 Å². The number of nitrogens with zero attached hydrogens (tertiary/aromatic N) is 2. The Labute approximate surface area is 271 Å². The van der Waals surface area contributed by atoms with Crippen LogP contribution in [0.25, 0.3) is 20.7 Å². The Morgan fingerprint density at radius 2 is 1.68 bits per heavy atom. The molecule has 0 radical (unpaired) electrons. The Balaban J connectivity index is 1.25. The molecule has 5 N–H and O–H groups in total. The maximum absolute atomic E-state index is 15.6. The molecule has 1 fully saturated rings. The van der Waals surface area contributed by atoms with Crippen LogP contribution in [-0.2, 0) is 9.59 Å². The van der Waals surface area contributed by atoms with E-state index < -0.39 is 47.5 Å². The number of thiophene rings is 1. The molecular formula is C34H28F2N4O6S. The molecule has 0 spiro atoms. The van der Waals surface area contributed by atoms with E-state index in [0.29, 0.717) is 21.5 Å². The number of anilines is 2. The Kier molecular flexibility index (Phi) is 8.69. The van der Waals surface area contributed by atoms with Crippen molar-refractivity contribution in [1.82, 2.24) is 10.3 Å². The summed E-state index contributed by atoms with van der Waals surface area (Å²) in [7, 11) is 0. The second kappa shape index (κ2) is 12.9. The maximum atomic E-state index is 15.6. The molecule has 10 nitrogen and oxygen atoms in total. The molecule has 1 aliphatic carbocycles. The number of rotatable bonds is 11. The van der Waals surface area contributed by atoms with Gasteiger partial charge in [0.1, 0.15) is 17.0 Å². The molecule has 5 aromatic rings. The Bertz CT molecular complexity index is 1980. The highest BCUT2D eigenvalue weighted by Crippen LogP contribution is 2.49. The first-order chi connectivity index (χ1) is 22.6. The zero-order chi connectivity index (χ0) is 33.3. The van der Waals surface area contributed by atoms with Gasteiger partial charge in [0.25, 0.3) is 5.91 Å². The first-order valence-corrected chi connectivity index (χ1v) is 15.3. The lowest BCUT2D eigenvalue weighted by atomic mass is 10.0. The van der Waals surface area contributed by atoms with Crippen LogP contribution >= 0.6 is 11.3 Å². The van der Waals surface area contributed by atoms with Gasteiger partial charge in [-0.3, -0.25) is 24.3 Å². The fourth-order valence-corrected chi connectivity index (χ4v) is 6.08. The number of amides is 3. The van der Waals surface area contributed by atoms with Crippen LogP contribution in [0.4, 0.5) is 20.2 Å². The van der Waals surface area contributed by atoms with Crippen molar-refractivity contribution in [1.29, 1.82) is 0 Å². The van der Waals surface area contributed by atoms with Gasteiger partial charge in [-0.25, -0.2) is 8.78 Å². The van der Waals surface area contributed by atoms with Gasteiger partial charge < -0.3 is 26.0 Å². The topological polar surface area (TPSA) is 155 Å². The lowest BCUT2D eigenvalue weighted by molar-refractivity contribution is -0.133. The number of pyridine rings is 1. The number of halogens is 2. The highest BCUT2D eigenvalue weighted by molar-refractivity contribution is 7.22. The number of fused-ring (bicyclic) bond motifs is 1. The van der Waals surface area contributed by atoms with Crippen molar-refractivity contribution in [3.63, 3.8) is 0 Å². The quantitative estimate of drug-likeness (QED) is 0.145. The molecule has 0 bridgehead atoms. The zero-order valence-electron chi connectivity index (χ0n) is 24.7. The summed E-state index contributed by atoms with van der Waals surface area (Å²) in [4.78, 5) is 44.4. The molecule has 1 atom stereocenters. The predicted molar refractivity (Wildman–Crippen MR) is 171 cm³/mol. The van der Waals surface area contributed by atoms with Crippen molar-refractivity contribution < 1.29 is 38.1 Å². The van der Waals surface area contributed by atoms with E-state index in [-0.39, 0.29) is 36.5 Å². The Morgan fingerprint density at radius 3 is 2.32 bits per heavy atom. The lowest BCUT2D eigenvalue weighted by Gasteiger charge is -2.26. The van der Waals surface area contributed by atoms with E-state index in [9.17, 15) is 23.9 Å². The molecule has 3 amide bonds. The number of benzene rings is 3. The minimum atomic E-state index is -1.41. The number of hydrogen-bond donors (Lipinski definition) is 4. The molecule has 6 rings (SSSR count). The third kappa shape index (κ3) is 6.41. The molecule has 1 aliphatic rings. The van der Waals surface area contributed by atoms with E-state index in [1.807, 2.05) is 6.07 Å². The van der Waals surface area contributed by atoms with Crippen LogP contribution < -0.4 is 20.7 Å². The standard InChI is InChI=1S/C34H28F2N4O6S/c35-21-5-7-22(8-6-21)40(33(45)34(12-13-34)32(37)44)23-9-10-27(25(36)15-23)46-28-11-14-38-26-16-29(47-30(26)28)19-1-3-20(4-2-19)31(43)39-17-24(42)18-41/h1-11,14-16,24,41-42H,12-13,17-18H2,(H2,37,44)(H,39,43). The van der Waals surface area contributed by atoms with Crippen LogP contribution in [0.2, 0.25) is 0 Å². The second-order valence-electron chi connectivity index (χ2n) is 11.0. The van der Waals surface area contributed by atoms with Gasteiger partial charge in [-0.1, -0.05) is 12.1 Å². The number of carbonyl (C=O) groups is 3. The van der Waals surface area contributed by atoms with Crippen LogP contribution in [0.3, 0.4) is 0 Å². The van der Waals surface area contributed by atoms with Gasteiger partial charge in [0, 0.05) is 41.0 Å². The highest BCUT2D eigenvalue weighted by atomic mass is 32.1. The fraction of sp³-hybridized carbons (Fsp3) is 0.176. The van der Waals surface area contributed by atoms with Crippen molar-refractivity contribution >= 4 is 50.6 Å². The third-order valence-electron chi connectivity index (χ3n) is 7.83. The van der Waals surface area contributed by atoms with Crippen LogP contribution in [-0.4, -0.2) is 52.2 Å². The molecule has 240 valence electrons. The van der Waals surface area contributed by atoms with E-state index in [0.717, 1.165) is 33.5 Å². The maximum Gasteiger partial charge on any atom is 0.251 e. The summed E-state index contributed by atoms with van der Waals surface area (Å²) in [6.45, 7) is -0.537. The molecule has 1 unspecified atom stereocenters.